The second-order valence-corrected chi connectivity index (χ2v) is 8.78. The van der Waals surface area contributed by atoms with Crippen LogP contribution in [0.3, 0.4) is 0 Å². The Balaban J connectivity index is 1.77. The van der Waals surface area contributed by atoms with Gasteiger partial charge in [0.05, 0.1) is 27.4 Å². The Kier molecular flexibility index (Phi) is 8.33. The van der Waals surface area contributed by atoms with Crippen molar-refractivity contribution in [2.75, 3.05) is 27.9 Å². The van der Waals surface area contributed by atoms with Crippen molar-refractivity contribution in [2.45, 2.75) is 38.0 Å². The average molecular weight is 492 g/mol. The molecule has 1 fully saturated rings. The smallest absolute Gasteiger partial charge is 0.320 e. The molecule has 2 atom stereocenters. The fraction of sp³-hybridized carbons (Fsp3) is 0.345. The fourth-order valence-corrected chi connectivity index (χ4v) is 4.84. The summed E-state index contributed by atoms with van der Waals surface area (Å²) < 4.78 is 23.0. The van der Waals surface area contributed by atoms with Gasteiger partial charge in [-0.2, -0.15) is 0 Å². The van der Waals surface area contributed by atoms with Gasteiger partial charge in [0.15, 0.2) is 11.5 Å². The summed E-state index contributed by atoms with van der Waals surface area (Å²) in [6.45, 7) is 1.06. The lowest BCUT2D eigenvalue weighted by molar-refractivity contribution is -0.145. The zero-order valence-corrected chi connectivity index (χ0v) is 21.0. The van der Waals surface area contributed by atoms with Crippen molar-refractivity contribution in [1.29, 1.82) is 0 Å². The largest absolute Gasteiger partial charge is 0.497 e. The molecule has 0 amide bonds. The maximum Gasteiger partial charge on any atom is 0.320 e. The van der Waals surface area contributed by atoms with Crippen molar-refractivity contribution in [3.8, 4) is 23.0 Å². The molecule has 1 aliphatic heterocycles. The van der Waals surface area contributed by atoms with E-state index in [9.17, 15) is 9.90 Å². The average Bonchev–Trinajstić information content (AvgIpc) is 2.93. The highest BCUT2D eigenvalue weighted by Crippen LogP contribution is 2.42. The van der Waals surface area contributed by atoms with Gasteiger partial charge in [-0.3, -0.25) is 9.69 Å². The van der Waals surface area contributed by atoms with Crippen molar-refractivity contribution in [2.24, 2.45) is 0 Å². The molecule has 2 unspecified atom stereocenters. The Hall–Kier alpha value is -3.71. The van der Waals surface area contributed by atoms with Crippen LogP contribution < -0.4 is 18.9 Å². The Bertz CT molecular complexity index is 1170. The zero-order chi connectivity index (χ0) is 25.5. The standard InChI is InChI=1S/C29H33NO6/c1-33-22-13-15-25(34-2)23(18-22)28(30-16-8-7-11-24(30)29(31)32)21-12-14-26(27(17-21)35-3)36-19-20-9-5-4-6-10-20/h4-6,9-10,12-15,17-18,24,28H,7-8,11,16,19H2,1-3H3,(H,31,32). The summed E-state index contributed by atoms with van der Waals surface area (Å²) in [5.74, 6) is 1.72. The SMILES string of the molecule is COc1ccc(OC)c(C(c2ccc(OCc3ccccc3)c(OC)c2)N2CCCCC2C(=O)O)c1. The molecule has 1 saturated heterocycles. The van der Waals surface area contributed by atoms with Gasteiger partial charge in [-0.25, -0.2) is 0 Å². The highest BCUT2D eigenvalue weighted by atomic mass is 16.5. The molecule has 4 rings (SSSR count). The number of aliphatic carboxylic acids is 1. The van der Waals surface area contributed by atoms with Crippen LogP contribution in [0.15, 0.2) is 66.7 Å². The van der Waals surface area contributed by atoms with E-state index in [1.165, 1.54) is 0 Å². The zero-order valence-electron chi connectivity index (χ0n) is 21.0. The predicted octanol–water partition coefficient (Wildman–Crippen LogP) is 5.32. The third-order valence-electron chi connectivity index (χ3n) is 6.63. The topological polar surface area (TPSA) is 77.5 Å². The number of benzene rings is 3. The molecule has 0 saturated carbocycles. The first-order valence-corrected chi connectivity index (χ1v) is 12.1. The Labute approximate surface area is 212 Å². The molecule has 3 aromatic carbocycles. The van der Waals surface area contributed by atoms with Gasteiger partial charge in [-0.05, 0) is 60.8 Å². The fourth-order valence-electron chi connectivity index (χ4n) is 4.84. The van der Waals surface area contributed by atoms with Gasteiger partial charge >= 0.3 is 5.97 Å². The molecule has 0 bridgehead atoms. The second-order valence-electron chi connectivity index (χ2n) is 8.78. The lowest BCUT2D eigenvalue weighted by Crippen LogP contribution is -2.46. The molecule has 0 aliphatic carbocycles. The van der Waals surface area contributed by atoms with Gasteiger partial charge in [0.25, 0.3) is 0 Å². The number of carbonyl (C=O) groups is 1. The van der Waals surface area contributed by atoms with Gasteiger partial charge in [0.1, 0.15) is 24.1 Å². The lowest BCUT2D eigenvalue weighted by Gasteiger charge is -2.40. The van der Waals surface area contributed by atoms with Crippen LogP contribution in [0.5, 0.6) is 23.0 Å². The van der Waals surface area contributed by atoms with Gasteiger partial charge in [0.2, 0.25) is 0 Å². The van der Waals surface area contributed by atoms with Gasteiger partial charge in [0, 0.05) is 5.56 Å². The van der Waals surface area contributed by atoms with Crippen molar-refractivity contribution in [3.63, 3.8) is 0 Å². The molecule has 7 heteroatoms. The van der Waals surface area contributed by atoms with Crippen LogP contribution in [0.1, 0.15) is 42.0 Å². The van der Waals surface area contributed by atoms with Crippen molar-refractivity contribution >= 4 is 5.97 Å². The first kappa shape index (κ1) is 25.4. The van der Waals surface area contributed by atoms with Gasteiger partial charge in [-0.1, -0.05) is 42.8 Å². The first-order chi connectivity index (χ1) is 17.5. The van der Waals surface area contributed by atoms with Crippen molar-refractivity contribution in [3.05, 3.63) is 83.4 Å². The number of ether oxygens (including phenoxy) is 4. The molecule has 7 nitrogen and oxygen atoms in total. The number of carboxylic acid groups (broad SMARTS) is 1. The van der Waals surface area contributed by atoms with E-state index < -0.39 is 12.0 Å². The highest BCUT2D eigenvalue weighted by molar-refractivity contribution is 5.74. The minimum Gasteiger partial charge on any atom is -0.497 e. The molecule has 0 aromatic heterocycles. The van der Waals surface area contributed by atoms with E-state index in [1.807, 2.05) is 71.6 Å². The second kappa shape index (κ2) is 11.8. The van der Waals surface area contributed by atoms with Gasteiger partial charge in [-0.15, -0.1) is 0 Å². The monoisotopic (exact) mass is 491 g/mol. The summed E-state index contributed by atoms with van der Waals surface area (Å²) in [5, 5.41) is 10.1. The number of methoxy groups -OCH3 is 3. The Morgan fingerprint density at radius 2 is 1.67 bits per heavy atom. The third kappa shape index (κ3) is 5.57. The first-order valence-electron chi connectivity index (χ1n) is 12.1. The maximum absolute atomic E-state index is 12.3. The van der Waals surface area contributed by atoms with E-state index in [0.29, 0.717) is 42.6 Å². The molecule has 36 heavy (non-hydrogen) atoms. The molecule has 1 heterocycles. The van der Waals surface area contributed by atoms with Crippen LogP contribution in [0.4, 0.5) is 0 Å². The molecule has 0 spiro atoms. The summed E-state index contributed by atoms with van der Waals surface area (Å²) in [6, 6.07) is 20.3. The molecule has 3 aromatic rings. The third-order valence-corrected chi connectivity index (χ3v) is 6.63. The molecular weight excluding hydrogens is 458 g/mol. The summed E-state index contributed by atoms with van der Waals surface area (Å²) >= 11 is 0. The lowest BCUT2D eigenvalue weighted by atomic mass is 9.90. The molecular formula is C29H33NO6. The van der Waals surface area contributed by atoms with Crippen LogP contribution in [0.2, 0.25) is 0 Å². The van der Waals surface area contributed by atoms with E-state index in [-0.39, 0.29) is 6.04 Å². The summed E-state index contributed by atoms with van der Waals surface area (Å²) in [5.41, 5.74) is 2.78. The number of carboxylic acids is 1. The number of nitrogens with zero attached hydrogens (tertiary/aromatic N) is 1. The molecule has 1 N–H and O–H groups in total. The van der Waals surface area contributed by atoms with E-state index in [4.69, 9.17) is 18.9 Å². The molecule has 0 radical (unpaired) electrons. The number of rotatable bonds is 10. The summed E-state index contributed by atoms with van der Waals surface area (Å²) in [7, 11) is 4.84. The number of hydrogen-bond donors (Lipinski definition) is 1. The number of likely N-dealkylation sites (tertiary alicyclic amines) is 1. The van der Waals surface area contributed by atoms with E-state index in [0.717, 1.165) is 29.5 Å². The Morgan fingerprint density at radius 1 is 0.917 bits per heavy atom. The maximum atomic E-state index is 12.3. The normalized spacial score (nSPS) is 16.7. The van der Waals surface area contributed by atoms with Crippen LogP contribution in [0.25, 0.3) is 0 Å². The van der Waals surface area contributed by atoms with E-state index in [2.05, 4.69) is 0 Å². The van der Waals surface area contributed by atoms with Crippen LogP contribution in [0, 0.1) is 0 Å². The minimum absolute atomic E-state index is 0.381. The number of piperidine rings is 1. The van der Waals surface area contributed by atoms with E-state index >= 15 is 0 Å². The summed E-state index contributed by atoms with van der Waals surface area (Å²) in [6.07, 6.45) is 2.39. The van der Waals surface area contributed by atoms with Crippen molar-refractivity contribution < 1.29 is 28.8 Å². The minimum atomic E-state index is -0.823. The predicted molar refractivity (Wildman–Crippen MR) is 137 cm³/mol. The highest BCUT2D eigenvalue weighted by Gasteiger charge is 2.37. The molecule has 1 aliphatic rings. The van der Waals surface area contributed by atoms with E-state index in [1.54, 1.807) is 21.3 Å². The summed E-state index contributed by atoms with van der Waals surface area (Å²) in [4.78, 5) is 14.3. The quantitative estimate of drug-likeness (QED) is 0.411. The van der Waals surface area contributed by atoms with Crippen LogP contribution in [-0.4, -0.2) is 49.9 Å². The number of hydrogen-bond acceptors (Lipinski definition) is 6. The van der Waals surface area contributed by atoms with Crippen LogP contribution >= 0.6 is 0 Å². The molecule has 190 valence electrons. The van der Waals surface area contributed by atoms with Crippen molar-refractivity contribution in [1.82, 2.24) is 4.90 Å². The van der Waals surface area contributed by atoms with Gasteiger partial charge < -0.3 is 24.1 Å². The van der Waals surface area contributed by atoms with Crippen LogP contribution in [-0.2, 0) is 11.4 Å². The Morgan fingerprint density at radius 3 is 2.36 bits per heavy atom.